The Kier molecular flexibility index (Phi) is 7.80. The van der Waals surface area contributed by atoms with Crippen molar-refractivity contribution in [1.82, 2.24) is 14.9 Å². The first kappa shape index (κ1) is 26.3. The Morgan fingerprint density at radius 1 is 1.13 bits per heavy atom. The zero-order valence-corrected chi connectivity index (χ0v) is 22.0. The van der Waals surface area contributed by atoms with E-state index in [-0.39, 0.29) is 22.5 Å². The summed E-state index contributed by atoms with van der Waals surface area (Å²) in [5.74, 6) is 0.188. The van der Waals surface area contributed by atoms with Crippen molar-refractivity contribution in [3.8, 4) is 22.6 Å². The average molecular weight is 564 g/mol. The number of rotatable bonds is 7. The molecule has 0 radical (unpaired) electrons. The molecule has 2 aromatic heterocycles. The number of piperidine rings is 1. The number of hydrogen-bond acceptors (Lipinski definition) is 8. The molecule has 2 aromatic carbocycles. The summed E-state index contributed by atoms with van der Waals surface area (Å²) in [6.45, 7) is 1.08. The number of oxazole rings is 1. The van der Waals surface area contributed by atoms with E-state index in [1.165, 1.54) is 42.0 Å². The Balaban J connectivity index is 1.12. The molecule has 3 heterocycles. The van der Waals surface area contributed by atoms with Gasteiger partial charge in [0.05, 0.1) is 21.8 Å². The Bertz CT molecular complexity index is 1530. The van der Waals surface area contributed by atoms with Gasteiger partial charge in [0.1, 0.15) is 5.02 Å². The Labute approximate surface area is 232 Å². The second-order valence-electron chi connectivity index (χ2n) is 8.86. The molecule has 39 heavy (non-hydrogen) atoms. The largest absolute Gasteiger partial charge is 0.444 e. The quantitative estimate of drug-likeness (QED) is 0.167. The molecule has 5 rings (SSSR count). The molecular weight excluding hydrogens is 542 g/mol. The highest BCUT2D eigenvalue weighted by atomic mass is 35.5. The molecule has 10 nitrogen and oxygen atoms in total. The van der Waals surface area contributed by atoms with Crippen molar-refractivity contribution in [1.29, 1.82) is 0 Å². The minimum Gasteiger partial charge on any atom is -0.444 e. The number of carbonyl (C=O) groups excluding carboxylic acids is 2. The van der Waals surface area contributed by atoms with Crippen molar-refractivity contribution < 1.29 is 18.9 Å². The van der Waals surface area contributed by atoms with Crippen molar-refractivity contribution in [3.63, 3.8) is 0 Å². The third-order valence-corrected chi connectivity index (χ3v) is 7.69. The number of thiazole rings is 1. The molecule has 0 spiro atoms. The van der Waals surface area contributed by atoms with Crippen LogP contribution in [0.3, 0.4) is 0 Å². The topological polar surface area (TPSA) is 131 Å². The van der Waals surface area contributed by atoms with Gasteiger partial charge < -0.3 is 14.6 Å². The van der Waals surface area contributed by atoms with Crippen LogP contribution >= 0.6 is 22.9 Å². The van der Waals surface area contributed by atoms with E-state index in [0.717, 1.165) is 23.4 Å². The number of amides is 2. The number of likely N-dealkylation sites (tertiary alicyclic amines) is 1. The van der Waals surface area contributed by atoms with Crippen molar-refractivity contribution in [2.45, 2.75) is 18.8 Å². The molecule has 4 aromatic rings. The monoisotopic (exact) mass is 563 g/mol. The maximum Gasteiger partial charge on any atom is 0.288 e. The molecule has 0 saturated carbocycles. The summed E-state index contributed by atoms with van der Waals surface area (Å²) in [4.78, 5) is 45.9. The lowest BCUT2D eigenvalue weighted by Crippen LogP contribution is -2.37. The van der Waals surface area contributed by atoms with E-state index < -0.39 is 10.8 Å². The smallest absolute Gasteiger partial charge is 0.288 e. The first-order valence-electron chi connectivity index (χ1n) is 12.0. The van der Waals surface area contributed by atoms with Gasteiger partial charge in [0.2, 0.25) is 11.8 Å². The van der Waals surface area contributed by atoms with Crippen LogP contribution in [0.1, 0.15) is 23.8 Å². The van der Waals surface area contributed by atoms with Crippen LogP contribution < -0.4 is 5.32 Å². The molecular formula is C27H22ClN5O5S. The standard InChI is InChI=1S/C27H22ClN5O5S/c28-21-6-3-19(13-23(21)33(36)37)22-15-39-27(31-22)18-9-11-32(12-10-18)26(35)8-7-25(34)30-20-4-1-17(2-5-20)24-14-29-16-38-24/h1-8,13-16,18H,9-12H2,(H,30,34). The van der Waals surface area contributed by atoms with Gasteiger partial charge >= 0.3 is 0 Å². The molecule has 0 atom stereocenters. The predicted octanol–water partition coefficient (Wildman–Crippen LogP) is 5.93. The summed E-state index contributed by atoms with van der Waals surface area (Å²) < 4.78 is 5.25. The molecule has 198 valence electrons. The fourth-order valence-corrected chi connectivity index (χ4v) is 5.47. The fourth-order valence-electron chi connectivity index (χ4n) is 4.28. The maximum absolute atomic E-state index is 12.6. The van der Waals surface area contributed by atoms with Crippen LogP contribution in [0.5, 0.6) is 0 Å². The van der Waals surface area contributed by atoms with Gasteiger partial charge in [0.15, 0.2) is 12.2 Å². The predicted molar refractivity (Wildman–Crippen MR) is 147 cm³/mol. The van der Waals surface area contributed by atoms with Gasteiger partial charge in [-0.05, 0) is 43.2 Å². The first-order valence-corrected chi connectivity index (χ1v) is 13.3. The molecule has 0 unspecified atom stereocenters. The molecule has 1 fully saturated rings. The molecule has 2 amide bonds. The number of hydrogen-bond donors (Lipinski definition) is 1. The molecule has 0 aliphatic carbocycles. The van der Waals surface area contributed by atoms with Gasteiger partial charge in [-0.1, -0.05) is 17.7 Å². The van der Waals surface area contributed by atoms with Crippen molar-refractivity contribution in [3.05, 3.63) is 92.7 Å². The van der Waals surface area contributed by atoms with Crippen LogP contribution in [0.15, 0.2) is 77.0 Å². The number of anilines is 1. The fraction of sp³-hybridized carbons (Fsp3) is 0.185. The van der Waals surface area contributed by atoms with E-state index in [2.05, 4.69) is 10.3 Å². The van der Waals surface area contributed by atoms with E-state index in [1.54, 1.807) is 41.4 Å². The summed E-state index contributed by atoms with van der Waals surface area (Å²) >= 11 is 7.42. The van der Waals surface area contributed by atoms with Gasteiger partial charge in [0.25, 0.3) is 5.69 Å². The Morgan fingerprint density at radius 3 is 2.56 bits per heavy atom. The van der Waals surface area contributed by atoms with Gasteiger partial charge in [-0.25, -0.2) is 9.97 Å². The van der Waals surface area contributed by atoms with E-state index in [1.807, 2.05) is 5.38 Å². The summed E-state index contributed by atoms with van der Waals surface area (Å²) in [5, 5.41) is 16.8. The molecule has 12 heteroatoms. The van der Waals surface area contributed by atoms with Crippen molar-refractivity contribution >= 4 is 46.1 Å². The molecule has 1 saturated heterocycles. The van der Waals surface area contributed by atoms with E-state index in [9.17, 15) is 19.7 Å². The van der Waals surface area contributed by atoms with Crippen molar-refractivity contribution in [2.24, 2.45) is 0 Å². The maximum atomic E-state index is 12.6. The Hall–Kier alpha value is -4.35. The number of carbonyl (C=O) groups is 2. The van der Waals surface area contributed by atoms with Gasteiger partial charge in [-0.15, -0.1) is 11.3 Å². The minimum atomic E-state index is -0.512. The van der Waals surface area contributed by atoms with Crippen LogP contribution in [0.4, 0.5) is 11.4 Å². The molecule has 1 aliphatic rings. The van der Waals surface area contributed by atoms with Gasteiger partial charge in [-0.3, -0.25) is 19.7 Å². The number of nitrogens with zero attached hydrogens (tertiary/aromatic N) is 4. The second-order valence-corrected chi connectivity index (χ2v) is 10.2. The van der Waals surface area contributed by atoms with Crippen LogP contribution in [0.2, 0.25) is 5.02 Å². The zero-order valence-electron chi connectivity index (χ0n) is 20.5. The van der Waals surface area contributed by atoms with E-state index in [4.69, 9.17) is 21.0 Å². The van der Waals surface area contributed by atoms with Crippen LogP contribution in [-0.4, -0.2) is 44.7 Å². The third-order valence-electron chi connectivity index (χ3n) is 6.36. The Morgan fingerprint density at radius 2 is 1.87 bits per heavy atom. The summed E-state index contributed by atoms with van der Waals surface area (Å²) in [6.07, 6.45) is 6.94. The summed E-state index contributed by atoms with van der Waals surface area (Å²) in [5.41, 5.74) is 2.57. The first-order chi connectivity index (χ1) is 18.9. The van der Waals surface area contributed by atoms with Crippen LogP contribution in [-0.2, 0) is 9.59 Å². The highest BCUT2D eigenvalue weighted by Crippen LogP contribution is 2.35. The normalized spacial score (nSPS) is 14.0. The van der Waals surface area contributed by atoms with Crippen molar-refractivity contribution in [2.75, 3.05) is 18.4 Å². The van der Waals surface area contributed by atoms with Crippen LogP contribution in [0.25, 0.3) is 22.6 Å². The number of aromatic nitrogens is 2. The minimum absolute atomic E-state index is 0.0838. The molecule has 0 bridgehead atoms. The van der Waals surface area contributed by atoms with Gasteiger partial charge in [-0.2, -0.15) is 0 Å². The summed E-state index contributed by atoms with van der Waals surface area (Å²) in [6, 6.07) is 11.7. The lowest BCUT2D eigenvalue weighted by molar-refractivity contribution is -0.384. The van der Waals surface area contributed by atoms with E-state index in [0.29, 0.717) is 35.8 Å². The zero-order chi connectivity index (χ0) is 27.4. The number of nitro benzene ring substituents is 1. The number of nitro groups is 1. The lowest BCUT2D eigenvalue weighted by atomic mass is 9.97. The molecule has 1 N–H and O–H groups in total. The highest BCUT2D eigenvalue weighted by Gasteiger charge is 2.25. The highest BCUT2D eigenvalue weighted by molar-refractivity contribution is 7.10. The van der Waals surface area contributed by atoms with Crippen LogP contribution in [0, 0.1) is 10.1 Å². The third kappa shape index (κ3) is 6.21. The molecule has 1 aliphatic heterocycles. The lowest BCUT2D eigenvalue weighted by Gasteiger charge is -2.30. The SMILES string of the molecule is O=C(C=CC(=O)N1CCC(c2nc(-c3ccc(Cl)c([N+](=O)[O-])c3)cs2)CC1)Nc1ccc(-c2cnco2)cc1. The summed E-state index contributed by atoms with van der Waals surface area (Å²) in [7, 11) is 0. The number of nitrogens with one attached hydrogen (secondary N) is 1. The van der Waals surface area contributed by atoms with Gasteiger partial charge in [0, 0.05) is 59.4 Å². The number of benzene rings is 2. The van der Waals surface area contributed by atoms with E-state index >= 15 is 0 Å². The second kappa shape index (κ2) is 11.6. The number of halogens is 1. The average Bonchev–Trinajstić information content (AvgIpc) is 3.66.